The lowest BCUT2D eigenvalue weighted by Crippen LogP contribution is -2.48. The fraction of sp³-hybridized carbons (Fsp3) is 0.212. The molecule has 212 valence electrons. The van der Waals surface area contributed by atoms with Crippen molar-refractivity contribution in [2.24, 2.45) is 0 Å². The number of nitrogens with two attached hydrogens (primary N) is 1. The Hall–Kier alpha value is -5.20. The molecule has 4 aromatic rings. The number of carbonyl (C=O) groups is 2. The van der Waals surface area contributed by atoms with E-state index in [0.29, 0.717) is 30.1 Å². The zero-order valence-corrected chi connectivity index (χ0v) is 23.6. The SMILES string of the molecule is COc1cc(C#Cc2ccc(NC(=O)c3ccc(CN4CCN(C(=O)c5cccnc5N)CC4)cc3)c(C)c2)ccn1. The molecule has 1 fully saturated rings. The lowest BCUT2D eigenvalue weighted by atomic mass is 10.1. The number of hydrogen-bond donors (Lipinski definition) is 2. The van der Waals surface area contributed by atoms with Gasteiger partial charge in [0.15, 0.2) is 0 Å². The Bertz CT molecular complexity index is 1650. The fourth-order valence-electron chi connectivity index (χ4n) is 4.72. The van der Waals surface area contributed by atoms with Crippen LogP contribution in [-0.4, -0.2) is 64.9 Å². The van der Waals surface area contributed by atoms with Crippen molar-refractivity contribution in [2.45, 2.75) is 13.5 Å². The largest absolute Gasteiger partial charge is 0.481 e. The standard InChI is InChI=1S/C33H32N6O3/c1-23-20-24(5-6-25-13-15-35-30(21-25)42-2)9-12-29(23)37-32(40)27-10-7-26(8-11-27)22-38-16-18-39(19-17-38)33(41)28-4-3-14-36-31(28)34/h3-4,7-15,20-21H,16-19,22H2,1-2H3,(H2,34,36)(H,37,40). The Morgan fingerprint density at radius 2 is 1.67 bits per heavy atom. The average molecular weight is 561 g/mol. The van der Waals surface area contributed by atoms with Crippen molar-refractivity contribution in [2.75, 3.05) is 44.3 Å². The zero-order chi connectivity index (χ0) is 29.5. The van der Waals surface area contributed by atoms with E-state index in [4.69, 9.17) is 10.5 Å². The second kappa shape index (κ2) is 13.0. The molecule has 42 heavy (non-hydrogen) atoms. The molecule has 3 heterocycles. The molecule has 0 spiro atoms. The van der Waals surface area contributed by atoms with Gasteiger partial charge in [0.1, 0.15) is 5.82 Å². The number of hydrogen-bond acceptors (Lipinski definition) is 7. The van der Waals surface area contributed by atoms with Gasteiger partial charge in [0.2, 0.25) is 5.88 Å². The van der Waals surface area contributed by atoms with Gasteiger partial charge in [-0.3, -0.25) is 14.5 Å². The molecule has 0 atom stereocenters. The fourth-order valence-corrected chi connectivity index (χ4v) is 4.72. The highest BCUT2D eigenvalue weighted by Gasteiger charge is 2.23. The first-order valence-corrected chi connectivity index (χ1v) is 13.6. The minimum atomic E-state index is -0.172. The first-order chi connectivity index (χ1) is 20.4. The quantitative estimate of drug-likeness (QED) is 0.343. The maximum Gasteiger partial charge on any atom is 0.257 e. The third kappa shape index (κ3) is 6.92. The van der Waals surface area contributed by atoms with Gasteiger partial charge < -0.3 is 20.7 Å². The van der Waals surface area contributed by atoms with E-state index >= 15 is 0 Å². The normalized spacial score (nSPS) is 13.1. The molecule has 2 amide bonds. The predicted octanol–water partition coefficient (Wildman–Crippen LogP) is 3.99. The first-order valence-electron chi connectivity index (χ1n) is 13.6. The number of carbonyl (C=O) groups excluding carboxylic acids is 2. The maximum atomic E-state index is 12.9. The van der Waals surface area contributed by atoms with Crippen LogP contribution in [0.5, 0.6) is 5.88 Å². The summed E-state index contributed by atoms with van der Waals surface area (Å²) in [5.74, 6) is 6.78. The number of nitrogens with one attached hydrogen (secondary N) is 1. The summed E-state index contributed by atoms with van der Waals surface area (Å²) in [7, 11) is 1.57. The molecule has 0 unspecified atom stereocenters. The number of pyridine rings is 2. The summed E-state index contributed by atoms with van der Waals surface area (Å²) >= 11 is 0. The molecule has 9 nitrogen and oxygen atoms in total. The number of nitrogen functional groups attached to an aromatic ring is 1. The Morgan fingerprint density at radius 3 is 2.36 bits per heavy atom. The number of methoxy groups -OCH3 is 1. The zero-order valence-electron chi connectivity index (χ0n) is 23.6. The van der Waals surface area contributed by atoms with Crippen molar-refractivity contribution in [1.29, 1.82) is 0 Å². The highest BCUT2D eigenvalue weighted by molar-refractivity contribution is 6.04. The number of ether oxygens (including phenoxy) is 1. The van der Waals surface area contributed by atoms with E-state index in [0.717, 1.165) is 47.6 Å². The van der Waals surface area contributed by atoms with Crippen molar-refractivity contribution >= 4 is 23.3 Å². The number of amides is 2. The summed E-state index contributed by atoms with van der Waals surface area (Å²) in [5.41, 5.74) is 11.3. The Balaban J connectivity index is 1.13. The second-order valence-corrected chi connectivity index (χ2v) is 10.0. The summed E-state index contributed by atoms with van der Waals surface area (Å²) in [5, 5.41) is 3.00. The molecule has 1 saturated heterocycles. The highest BCUT2D eigenvalue weighted by atomic mass is 16.5. The summed E-state index contributed by atoms with van der Waals surface area (Å²) in [4.78, 5) is 38.0. The van der Waals surface area contributed by atoms with Crippen LogP contribution in [0.25, 0.3) is 0 Å². The van der Waals surface area contributed by atoms with Gasteiger partial charge in [0.05, 0.1) is 12.7 Å². The second-order valence-electron chi connectivity index (χ2n) is 10.0. The minimum Gasteiger partial charge on any atom is -0.481 e. The molecule has 0 bridgehead atoms. The van der Waals surface area contributed by atoms with Gasteiger partial charge in [-0.05, 0) is 66.6 Å². The van der Waals surface area contributed by atoms with Crippen LogP contribution in [0.15, 0.2) is 79.1 Å². The molecule has 5 rings (SSSR count). The molecule has 9 heteroatoms. The molecule has 2 aromatic carbocycles. The molecule has 0 radical (unpaired) electrons. The van der Waals surface area contributed by atoms with E-state index in [9.17, 15) is 9.59 Å². The number of rotatable bonds is 6. The van der Waals surface area contributed by atoms with Crippen LogP contribution in [0.3, 0.4) is 0 Å². The van der Waals surface area contributed by atoms with E-state index in [1.54, 1.807) is 37.7 Å². The summed E-state index contributed by atoms with van der Waals surface area (Å²) in [6.07, 6.45) is 3.24. The predicted molar refractivity (Wildman–Crippen MR) is 162 cm³/mol. The summed E-state index contributed by atoms with van der Waals surface area (Å²) in [6.45, 7) is 5.44. The van der Waals surface area contributed by atoms with Crippen LogP contribution in [0.2, 0.25) is 0 Å². The van der Waals surface area contributed by atoms with Gasteiger partial charge in [-0.15, -0.1) is 0 Å². The van der Waals surface area contributed by atoms with Crippen LogP contribution in [0, 0.1) is 18.8 Å². The molecule has 0 saturated carbocycles. The van der Waals surface area contributed by atoms with Crippen LogP contribution >= 0.6 is 0 Å². The number of aromatic nitrogens is 2. The van der Waals surface area contributed by atoms with Gasteiger partial charge in [0.25, 0.3) is 11.8 Å². The van der Waals surface area contributed by atoms with Gasteiger partial charge in [0, 0.05) is 73.6 Å². The minimum absolute atomic E-state index is 0.0839. The summed E-state index contributed by atoms with van der Waals surface area (Å²) in [6, 6.07) is 20.4. The number of benzene rings is 2. The number of anilines is 2. The van der Waals surface area contributed by atoms with Crippen LogP contribution in [0.4, 0.5) is 11.5 Å². The lowest BCUT2D eigenvalue weighted by molar-refractivity contribution is 0.0629. The van der Waals surface area contributed by atoms with E-state index < -0.39 is 0 Å². The highest BCUT2D eigenvalue weighted by Crippen LogP contribution is 2.19. The van der Waals surface area contributed by atoms with Gasteiger partial charge in [-0.1, -0.05) is 24.0 Å². The molecule has 1 aliphatic rings. The first kappa shape index (κ1) is 28.3. The molecule has 0 aliphatic carbocycles. The van der Waals surface area contributed by atoms with Crippen LogP contribution in [-0.2, 0) is 6.54 Å². The maximum absolute atomic E-state index is 12.9. The van der Waals surface area contributed by atoms with E-state index in [-0.39, 0.29) is 17.6 Å². The Labute approximate surface area is 245 Å². The lowest BCUT2D eigenvalue weighted by Gasteiger charge is -2.34. The smallest absolute Gasteiger partial charge is 0.257 e. The van der Waals surface area contributed by atoms with E-state index in [1.807, 2.05) is 60.4 Å². The average Bonchev–Trinajstić information content (AvgIpc) is 3.02. The van der Waals surface area contributed by atoms with Gasteiger partial charge in [-0.25, -0.2) is 9.97 Å². The van der Waals surface area contributed by atoms with Crippen molar-refractivity contribution in [3.8, 4) is 17.7 Å². The van der Waals surface area contributed by atoms with E-state index in [1.165, 1.54) is 0 Å². The molecule has 2 aromatic heterocycles. The molecule has 3 N–H and O–H groups in total. The van der Waals surface area contributed by atoms with Crippen LogP contribution in [0.1, 0.15) is 43.0 Å². The third-order valence-electron chi connectivity index (χ3n) is 7.12. The molecule has 1 aliphatic heterocycles. The third-order valence-corrected chi connectivity index (χ3v) is 7.12. The number of nitrogens with zero attached hydrogens (tertiary/aromatic N) is 4. The number of piperazine rings is 1. The summed E-state index contributed by atoms with van der Waals surface area (Å²) < 4.78 is 5.14. The Kier molecular flexibility index (Phi) is 8.75. The monoisotopic (exact) mass is 560 g/mol. The Morgan fingerprint density at radius 1 is 0.929 bits per heavy atom. The number of aryl methyl sites for hydroxylation is 1. The van der Waals surface area contributed by atoms with Crippen molar-refractivity contribution in [3.63, 3.8) is 0 Å². The van der Waals surface area contributed by atoms with Crippen LogP contribution < -0.4 is 15.8 Å². The topological polar surface area (TPSA) is 114 Å². The van der Waals surface area contributed by atoms with Gasteiger partial charge in [-0.2, -0.15) is 0 Å². The van der Waals surface area contributed by atoms with Crippen molar-refractivity contribution in [3.05, 3.63) is 113 Å². The molecular weight excluding hydrogens is 528 g/mol. The van der Waals surface area contributed by atoms with Crippen molar-refractivity contribution < 1.29 is 14.3 Å². The molecular formula is C33H32N6O3. The van der Waals surface area contributed by atoms with E-state index in [2.05, 4.69) is 32.0 Å². The van der Waals surface area contributed by atoms with Crippen molar-refractivity contribution in [1.82, 2.24) is 19.8 Å². The van der Waals surface area contributed by atoms with Gasteiger partial charge >= 0.3 is 0 Å².